The number of thiophene rings is 2. The number of nitrogens with zero attached hydrogens (tertiary/aromatic N) is 4. The third-order valence-corrected chi connectivity index (χ3v) is 8.30. The Bertz CT molecular complexity index is 1820. The smallest absolute Gasteiger partial charge is 0.163 e. The van der Waals surface area contributed by atoms with Gasteiger partial charge in [-0.25, -0.2) is 9.61 Å². The van der Waals surface area contributed by atoms with Gasteiger partial charge in [0.05, 0.1) is 10.6 Å². The van der Waals surface area contributed by atoms with Crippen LogP contribution < -0.4 is 0 Å². The molecule has 0 aliphatic heterocycles. The van der Waals surface area contributed by atoms with E-state index in [1.165, 1.54) is 16.0 Å². The van der Waals surface area contributed by atoms with Crippen LogP contribution in [0.3, 0.4) is 0 Å². The topological polar surface area (TPSA) is 64.7 Å². The van der Waals surface area contributed by atoms with Crippen molar-refractivity contribution in [2.45, 2.75) is 0 Å². The summed E-state index contributed by atoms with van der Waals surface area (Å²) in [6, 6.07) is 31.1. The molecule has 7 rings (SSSR count). The van der Waals surface area contributed by atoms with E-state index in [-0.39, 0.29) is 0 Å². The van der Waals surface area contributed by atoms with Crippen LogP contribution in [0.5, 0.6) is 0 Å². The van der Waals surface area contributed by atoms with Gasteiger partial charge in [0.2, 0.25) is 0 Å². The van der Waals surface area contributed by atoms with E-state index in [9.17, 15) is 0 Å². The molecule has 5 heterocycles. The van der Waals surface area contributed by atoms with Gasteiger partial charge < -0.3 is 0 Å². The second-order valence-corrected chi connectivity index (χ2v) is 10.5. The molecule has 0 saturated carbocycles. The molecule has 0 fully saturated rings. The minimum atomic E-state index is 0.656. The highest BCUT2D eigenvalue weighted by Gasteiger charge is 2.24. The molecule has 5 aromatic heterocycles. The Labute approximate surface area is 220 Å². The Hall–Kier alpha value is -4.46. The molecular formula is C30H18N4OS2. The van der Waals surface area contributed by atoms with Crippen LogP contribution in [0.25, 0.3) is 64.9 Å². The summed E-state index contributed by atoms with van der Waals surface area (Å²) in [5, 5.41) is 10.9. The third-order valence-electron chi connectivity index (χ3n) is 6.21. The maximum Gasteiger partial charge on any atom is 0.163 e. The van der Waals surface area contributed by atoms with Crippen molar-refractivity contribution in [2.24, 2.45) is 0 Å². The molecule has 0 N–H and O–H groups in total. The van der Waals surface area contributed by atoms with E-state index in [0.717, 1.165) is 37.8 Å². The largest absolute Gasteiger partial charge is 0.265 e. The van der Waals surface area contributed by atoms with Crippen molar-refractivity contribution < 1.29 is 4.63 Å². The molecule has 0 spiro atoms. The average molecular weight is 515 g/mol. The summed E-state index contributed by atoms with van der Waals surface area (Å²) in [4.78, 5) is 12.7. The number of aromatic nitrogens is 4. The second kappa shape index (κ2) is 9.20. The molecule has 5 nitrogen and oxygen atoms in total. The predicted molar refractivity (Wildman–Crippen MR) is 150 cm³/mol. The van der Waals surface area contributed by atoms with Gasteiger partial charge in [0.25, 0.3) is 0 Å². The van der Waals surface area contributed by atoms with Crippen molar-refractivity contribution in [2.75, 3.05) is 0 Å². The van der Waals surface area contributed by atoms with E-state index in [1.54, 1.807) is 35.1 Å². The number of hydrogen-bond acceptors (Lipinski definition) is 7. The molecule has 0 aliphatic rings. The minimum absolute atomic E-state index is 0.656. The van der Waals surface area contributed by atoms with Crippen molar-refractivity contribution in [1.29, 1.82) is 0 Å². The normalized spacial score (nSPS) is 11.2. The first kappa shape index (κ1) is 21.8. The van der Waals surface area contributed by atoms with E-state index in [4.69, 9.17) is 9.61 Å². The highest BCUT2D eigenvalue weighted by molar-refractivity contribution is 7.18. The molecule has 7 aromatic rings. The maximum absolute atomic E-state index is 5.32. The lowest BCUT2D eigenvalue weighted by Crippen LogP contribution is -1.94. The molecule has 0 aliphatic carbocycles. The van der Waals surface area contributed by atoms with Crippen molar-refractivity contribution in [3.8, 4) is 53.8 Å². The summed E-state index contributed by atoms with van der Waals surface area (Å²) in [6.07, 6.45) is 3.57. The van der Waals surface area contributed by atoms with Crippen LogP contribution in [0, 0.1) is 0 Å². The molecule has 7 heteroatoms. The van der Waals surface area contributed by atoms with Crippen LogP contribution in [0.15, 0.2) is 113 Å². The van der Waals surface area contributed by atoms with Gasteiger partial charge >= 0.3 is 0 Å². The zero-order chi connectivity index (χ0) is 24.6. The number of pyridine rings is 2. The van der Waals surface area contributed by atoms with Crippen LogP contribution in [-0.4, -0.2) is 20.3 Å². The SMILES string of the molecule is c1ccc(-c2csc(-c3c(-c4ccncc4)nc(-c4ccc(-c5ccccc5)s4)c4nonc34)c2)cc1. The average Bonchev–Trinajstić information content (AvgIpc) is 3.75. The Kier molecular flexibility index (Phi) is 5.42. The molecule has 0 unspecified atom stereocenters. The predicted octanol–water partition coefficient (Wildman–Crippen LogP) is 8.47. The van der Waals surface area contributed by atoms with Crippen molar-refractivity contribution in [3.63, 3.8) is 0 Å². The lowest BCUT2D eigenvalue weighted by atomic mass is 10.0. The van der Waals surface area contributed by atoms with Crippen molar-refractivity contribution >= 4 is 33.7 Å². The zero-order valence-electron chi connectivity index (χ0n) is 19.4. The third kappa shape index (κ3) is 3.94. The van der Waals surface area contributed by atoms with Crippen molar-refractivity contribution in [3.05, 3.63) is 109 Å². The van der Waals surface area contributed by atoms with Crippen LogP contribution in [0.1, 0.15) is 0 Å². The quantitative estimate of drug-likeness (QED) is 0.230. The highest BCUT2D eigenvalue weighted by atomic mass is 32.1. The summed E-state index contributed by atoms with van der Waals surface area (Å²) < 4.78 is 5.32. The van der Waals surface area contributed by atoms with E-state index >= 15 is 0 Å². The Morgan fingerprint density at radius 3 is 2.05 bits per heavy atom. The Morgan fingerprint density at radius 1 is 0.568 bits per heavy atom. The van der Waals surface area contributed by atoms with Crippen LogP contribution in [-0.2, 0) is 0 Å². The van der Waals surface area contributed by atoms with E-state index < -0.39 is 0 Å². The molecule has 0 saturated heterocycles. The summed E-state index contributed by atoms with van der Waals surface area (Å²) >= 11 is 3.35. The molecule has 2 aromatic carbocycles. The first-order valence-electron chi connectivity index (χ1n) is 11.7. The Balaban J connectivity index is 1.44. The van der Waals surface area contributed by atoms with Gasteiger partial charge in [-0.1, -0.05) is 60.7 Å². The first-order valence-corrected chi connectivity index (χ1v) is 13.4. The van der Waals surface area contributed by atoms with Gasteiger partial charge in [-0.05, 0) is 62.7 Å². The fourth-order valence-corrected chi connectivity index (χ4v) is 6.40. The lowest BCUT2D eigenvalue weighted by molar-refractivity contribution is 0.315. The standard InChI is InChI=1S/C30H18N4OS2/c1-3-7-19(8-4-1)22-17-25(36-18-22)26-27(21-13-15-31-16-14-21)32-28(30-29(26)33-35-34-30)24-12-11-23(37-24)20-9-5-2-6-10-20/h1-18H. The number of fused-ring (bicyclic) bond motifs is 1. The van der Waals surface area contributed by atoms with Gasteiger partial charge in [0.1, 0.15) is 11.2 Å². The fraction of sp³-hybridized carbons (Fsp3) is 0. The van der Waals surface area contributed by atoms with Crippen LogP contribution >= 0.6 is 22.7 Å². The summed E-state index contributed by atoms with van der Waals surface area (Å²) in [5.74, 6) is 0. The lowest BCUT2D eigenvalue weighted by Gasteiger charge is -2.10. The minimum Gasteiger partial charge on any atom is -0.265 e. The summed E-state index contributed by atoms with van der Waals surface area (Å²) in [5.41, 5.74) is 8.32. The molecule has 176 valence electrons. The molecule has 0 bridgehead atoms. The molecule has 37 heavy (non-hydrogen) atoms. The van der Waals surface area contributed by atoms with Gasteiger partial charge in [-0.2, -0.15) is 0 Å². The molecule has 0 radical (unpaired) electrons. The molecule has 0 atom stereocenters. The zero-order valence-corrected chi connectivity index (χ0v) is 21.0. The van der Waals surface area contributed by atoms with Gasteiger partial charge in [0, 0.05) is 33.3 Å². The van der Waals surface area contributed by atoms with Gasteiger partial charge in [-0.15, -0.1) is 22.7 Å². The van der Waals surface area contributed by atoms with Crippen molar-refractivity contribution in [1.82, 2.24) is 20.3 Å². The second-order valence-electron chi connectivity index (χ2n) is 8.48. The number of hydrogen-bond donors (Lipinski definition) is 0. The van der Waals surface area contributed by atoms with Crippen LogP contribution in [0.2, 0.25) is 0 Å². The monoisotopic (exact) mass is 514 g/mol. The van der Waals surface area contributed by atoms with Crippen LogP contribution in [0.4, 0.5) is 0 Å². The van der Waals surface area contributed by atoms with E-state index in [2.05, 4.69) is 75.3 Å². The molecular weight excluding hydrogens is 496 g/mol. The summed E-state index contributed by atoms with van der Waals surface area (Å²) in [7, 11) is 0. The maximum atomic E-state index is 5.32. The number of benzene rings is 2. The highest BCUT2D eigenvalue weighted by Crippen LogP contribution is 2.44. The Morgan fingerprint density at radius 2 is 1.27 bits per heavy atom. The van der Waals surface area contributed by atoms with E-state index in [1.807, 2.05) is 36.4 Å². The number of rotatable bonds is 5. The first-order chi connectivity index (χ1) is 18.3. The van der Waals surface area contributed by atoms with Gasteiger partial charge in [-0.3, -0.25) is 4.98 Å². The molecule has 0 amide bonds. The van der Waals surface area contributed by atoms with E-state index in [0.29, 0.717) is 11.0 Å². The summed E-state index contributed by atoms with van der Waals surface area (Å²) in [6.45, 7) is 0. The van der Waals surface area contributed by atoms with Gasteiger partial charge in [0.15, 0.2) is 5.52 Å². The fourth-order valence-electron chi connectivity index (χ4n) is 4.44.